The lowest BCUT2D eigenvalue weighted by molar-refractivity contribution is 0.0947. The molecule has 0 atom stereocenters. The van der Waals surface area contributed by atoms with Crippen LogP contribution in [0.3, 0.4) is 0 Å². The third kappa shape index (κ3) is 6.08. The molecule has 6 nitrogen and oxygen atoms in total. The predicted octanol–water partition coefficient (Wildman–Crippen LogP) is 2.92. The van der Waals surface area contributed by atoms with E-state index < -0.39 is 10.0 Å². The zero-order valence-corrected chi connectivity index (χ0v) is 16.7. The maximum absolute atomic E-state index is 12.1. The highest BCUT2D eigenvalue weighted by Crippen LogP contribution is 2.18. The summed E-state index contributed by atoms with van der Waals surface area (Å²) in [5, 5.41) is 2.75. The second kappa shape index (κ2) is 9.53. The van der Waals surface area contributed by atoms with Gasteiger partial charge in [-0.2, -0.15) is 0 Å². The fourth-order valence-corrected chi connectivity index (χ4v) is 3.48. The summed E-state index contributed by atoms with van der Waals surface area (Å²) in [6, 6.07) is 13.7. The number of carbonyl (C=O) groups is 1. The molecule has 2 N–H and O–H groups in total. The van der Waals surface area contributed by atoms with E-state index in [1.165, 1.54) is 29.8 Å². The number of hydrogen-bond donors (Lipinski definition) is 2. The van der Waals surface area contributed by atoms with Crippen LogP contribution >= 0.6 is 0 Å². The third-order valence-electron chi connectivity index (χ3n) is 3.96. The minimum Gasteiger partial charge on any atom is -0.492 e. The molecule has 2 rings (SSSR count). The van der Waals surface area contributed by atoms with E-state index in [-0.39, 0.29) is 10.8 Å². The van der Waals surface area contributed by atoms with Crippen molar-refractivity contribution in [3.63, 3.8) is 0 Å². The Hall–Kier alpha value is -2.38. The van der Waals surface area contributed by atoms with Crippen LogP contribution < -0.4 is 14.8 Å². The maximum Gasteiger partial charge on any atom is 0.251 e. The second-order valence-electron chi connectivity index (χ2n) is 6.35. The fourth-order valence-electron chi connectivity index (χ4n) is 2.44. The molecule has 0 bridgehead atoms. The van der Waals surface area contributed by atoms with Crippen molar-refractivity contribution in [2.45, 2.75) is 31.6 Å². The quantitative estimate of drug-likeness (QED) is 0.645. The van der Waals surface area contributed by atoms with Gasteiger partial charge >= 0.3 is 0 Å². The Morgan fingerprint density at radius 3 is 2.22 bits per heavy atom. The lowest BCUT2D eigenvalue weighted by atomic mass is 10.0. The van der Waals surface area contributed by atoms with Crippen LogP contribution in [-0.2, 0) is 10.0 Å². The molecule has 0 aliphatic heterocycles. The van der Waals surface area contributed by atoms with Gasteiger partial charge in [0.15, 0.2) is 0 Å². The van der Waals surface area contributed by atoms with E-state index >= 15 is 0 Å². The molecule has 0 aromatic heterocycles. The molecule has 2 aromatic carbocycles. The lowest BCUT2D eigenvalue weighted by Crippen LogP contribution is -2.28. The smallest absolute Gasteiger partial charge is 0.251 e. The highest BCUT2D eigenvalue weighted by Gasteiger charge is 2.13. The predicted molar refractivity (Wildman–Crippen MR) is 106 cm³/mol. The van der Waals surface area contributed by atoms with Crippen molar-refractivity contribution in [2.24, 2.45) is 0 Å². The Morgan fingerprint density at radius 2 is 1.67 bits per heavy atom. The molecule has 0 spiro atoms. The molecule has 0 heterocycles. The average Bonchev–Trinajstić information content (AvgIpc) is 2.65. The van der Waals surface area contributed by atoms with Gasteiger partial charge in [-0.25, -0.2) is 13.1 Å². The van der Waals surface area contributed by atoms with Crippen LogP contribution in [0.1, 0.15) is 42.6 Å². The molecule has 0 aliphatic carbocycles. The largest absolute Gasteiger partial charge is 0.492 e. The van der Waals surface area contributed by atoms with Crippen molar-refractivity contribution in [3.05, 3.63) is 59.7 Å². The number of ether oxygens (including phenoxy) is 1. The van der Waals surface area contributed by atoms with E-state index in [0.717, 1.165) is 5.75 Å². The number of hydrogen-bond acceptors (Lipinski definition) is 4. The average molecular weight is 391 g/mol. The Bertz CT molecular complexity index is 845. The molecule has 146 valence electrons. The standard InChI is InChI=1S/C20H26N2O4S/c1-4-22-27(24,25)19-11-7-17(8-12-19)20(23)21-13-14-26-18-9-5-16(6-10-18)15(2)3/h5-12,15,22H,4,13-14H2,1-3H3,(H,21,23). The molecule has 0 aliphatic rings. The highest BCUT2D eigenvalue weighted by atomic mass is 32.2. The van der Waals surface area contributed by atoms with E-state index in [1.54, 1.807) is 6.92 Å². The van der Waals surface area contributed by atoms with E-state index in [0.29, 0.717) is 31.2 Å². The monoisotopic (exact) mass is 390 g/mol. The first-order valence-electron chi connectivity index (χ1n) is 8.94. The topological polar surface area (TPSA) is 84.5 Å². The van der Waals surface area contributed by atoms with Gasteiger partial charge in [-0.1, -0.05) is 32.9 Å². The summed E-state index contributed by atoms with van der Waals surface area (Å²) < 4.78 is 31.8. The Labute approximate surface area is 161 Å². The summed E-state index contributed by atoms with van der Waals surface area (Å²) in [5.74, 6) is 0.949. The zero-order valence-electron chi connectivity index (χ0n) is 15.9. The molecule has 0 radical (unpaired) electrons. The number of benzene rings is 2. The molecule has 7 heteroatoms. The maximum atomic E-state index is 12.1. The van der Waals surface area contributed by atoms with Crippen LogP contribution in [0.5, 0.6) is 5.75 Å². The summed E-state index contributed by atoms with van der Waals surface area (Å²) in [6.07, 6.45) is 0. The molecular formula is C20H26N2O4S. The van der Waals surface area contributed by atoms with Crippen LogP contribution in [0.15, 0.2) is 53.4 Å². The first-order valence-corrected chi connectivity index (χ1v) is 10.4. The van der Waals surface area contributed by atoms with E-state index in [4.69, 9.17) is 4.74 Å². The van der Waals surface area contributed by atoms with Crippen molar-refractivity contribution in [3.8, 4) is 5.75 Å². The summed E-state index contributed by atoms with van der Waals surface area (Å²) >= 11 is 0. The van der Waals surface area contributed by atoms with Gasteiger partial charge in [-0.15, -0.1) is 0 Å². The summed E-state index contributed by atoms with van der Waals surface area (Å²) in [7, 11) is -3.51. The number of nitrogens with one attached hydrogen (secondary N) is 2. The van der Waals surface area contributed by atoms with Gasteiger partial charge in [0, 0.05) is 12.1 Å². The van der Waals surface area contributed by atoms with E-state index in [1.807, 2.05) is 24.3 Å². The van der Waals surface area contributed by atoms with Crippen LogP contribution in [0.4, 0.5) is 0 Å². The molecule has 0 saturated heterocycles. The fraction of sp³-hybridized carbons (Fsp3) is 0.350. The zero-order chi connectivity index (χ0) is 19.9. The summed E-state index contributed by atoms with van der Waals surface area (Å²) in [4.78, 5) is 12.3. The van der Waals surface area contributed by atoms with Gasteiger partial charge in [-0.05, 0) is 47.9 Å². The molecule has 27 heavy (non-hydrogen) atoms. The van der Waals surface area contributed by atoms with Gasteiger partial charge in [0.2, 0.25) is 10.0 Å². The van der Waals surface area contributed by atoms with Gasteiger partial charge < -0.3 is 10.1 Å². The van der Waals surface area contributed by atoms with Crippen molar-refractivity contribution in [2.75, 3.05) is 19.7 Å². The summed E-state index contributed by atoms with van der Waals surface area (Å²) in [6.45, 7) is 6.98. The molecule has 0 fully saturated rings. The van der Waals surface area contributed by atoms with E-state index in [9.17, 15) is 13.2 Å². The van der Waals surface area contributed by atoms with Crippen molar-refractivity contribution in [1.82, 2.24) is 10.0 Å². The molecular weight excluding hydrogens is 364 g/mol. The molecule has 0 unspecified atom stereocenters. The van der Waals surface area contributed by atoms with Crippen molar-refractivity contribution >= 4 is 15.9 Å². The first kappa shape index (κ1) is 20.9. The van der Waals surface area contributed by atoms with Gasteiger partial charge in [-0.3, -0.25) is 4.79 Å². The molecule has 0 saturated carbocycles. The first-order chi connectivity index (χ1) is 12.8. The Morgan fingerprint density at radius 1 is 1.04 bits per heavy atom. The van der Waals surface area contributed by atoms with Crippen LogP contribution in [0.2, 0.25) is 0 Å². The van der Waals surface area contributed by atoms with E-state index in [2.05, 4.69) is 23.9 Å². The Balaban J connectivity index is 1.82. The van der Waals surface area contributed by atoms with Crippen molar-refractivity contribution < 1.29 is 17.9 Å². The van der Waals surface area contributed by atoms with Gasteiger partial charge in [0.05, 0.1) is 11.4 Å². The summed E-state index contributed by atoms with van der Waals surface area (Å²) in [5.41, 5.74) is 1.64. The minimum atomic E-state index is -3.51. The third-order valence-corrected chi connectivity index (χ3v) is 5.53. The van der Waals surface area contributed by atoms with Crippen LogP contribution in [-0.4, -0.2) is 34.0 Å². The van der Waals surface area contributed by atoms with Crippen molar-refractivity contribution in [1.29, 1.82) is 0 Å². The molecule has 2 aromatic rings. The number of rotatable bonds is 9. The number of carbonyl (C=O) groups excluding carboxylic acids is 1. The van der Waals surface area contributed by atoms with Crippen LogP contribution in [0, 0.1) is 0 Å². The number of amides is 1. The second-order valence-corrected chi connectivity index (χ2v) is 8.12. The number of sulfonamides is 1. The SMILES string of the molecule is CCNS(=O)(=O)c1ccc(C(=O)NCCOc2ccc(C(C)C)cc2)cc1. The molecule has 1 amide bonds. The van der Waals surface area contributed by atoms with Gasteiger partial charge in [0.1, 0.15) is 12.4 Å². The normalized spacial score (nSPS) is 11.4. The Kier molecular flexibility index (Phi) is 7.38. The lowest BCUT2D eigenvalue weighted by Gasteiger charge is -2.10. The van der Waals surface area contributed by atoms with Gasteiger partial charge in [0.25, 0.3) is 5.91 Å². The minimum absolute atomic E-state index is 0.133. The van der Waals surface area contributed by atoms with Crippen LogP contribution in [0.25, 0.3) is 0 Å². The highest BCUT2D eigenvalue weighted by molar-refractivity contribution is 7.89.